The molecular weight excluding hydrogens is 552 g/mol. The number of thiophene rings is 1. The van der Waals surface area contributed by atoms with E-state index < -0.39 is 10.0 Å². The van der Waals surface area contributed by atoms with Gasteiger partial charge in [-0.05, 0) is 80.1 Å². The molecule has 0 fully saturated rings. The third-order valence-corrected chi connectivity index (χ3v) is 9.70. The lowest BCUT2D eigenvalue weighted by Gasteiger charge is -2.16. The molecule has 0 spiro atoms. The van der Waals surface area contributed by atoms with E-state index in [1.54, 1.807) is 28.0 Å². The number of halogens is 1. The summed E-state index contributed by atoms with van der Waals surface area (Å²) in [5.41, 5.74) is 2.74. The van der Waals surface area contributed by atoms with E-state index in [9.17, 15) is 18.0 Å². The molecule has 2 heterocycles. The molecule has 1 aliphatic carbocycles. The van der Waals surface area contributed by atoms with Gasteiger partial charge in [-0.2, -0.15) is 0 Å². The van der Waals surface area contributed by atoms with Crippen molar-refractivity contribution in [2.24, 2.45) is 5.14 Å². The maximum atomic E-state index is 13.9. The lowest BCUT2D eigenvalue weighted by molar-refractivity contribution is -0.113. The summed E-state index contributed by atoms with van der Waals surface area (Å²) < 4.78 is 24.5. The van der Waals surface area contributed by atoms with Crippen molar-refractivity contribution in [2.45, 2.75) is 42.7 Å². The highest BCUT2D eigenvalue weighted by Gasteiger charge is 2.24. The Morgan fingerprint density at radius 1 is 1.19 bits per heavy atom. The van der Waals surface area contributed by atoms with Gasteiger partial charge in [0, 0.05) is 15.6 Å². The minimum atomic E-state index is -3.82. The SMILES string of the molecule is Cc1c(Cl)cccc1-n1c(SCC(=O)Nc2ccc(S(N)(=O)=O)cc2)nc2sc3c(c2c1=O)CCCC3. The van der Waals surface area contributed by atoms with Gasteiger partial charge in [-0.25, -0.2) is 18.5 Å². The lowest BCUT2D eigenvalue weighted by atomic mass is 9.97. The molecule has 2 aromatic heterocycles. The van der Waals surface area contributed by atoms with E-state index in [1.165, 1.54) is 29.1 Å². The molecule has 0 aliphatic heterocycles. The van der Waals surface area contributed by atoms with Crippen molar-refractivity contribution >= 4 is 66.5 Å². The molecule has 192 valence electrons. The predicted molar refractivity (Wildman–Crippen MR) is 149 cm³/mol. The fourth-order valence-corrected chi connectivity index (χ4v) is 7.18. The highest BCUT2D eigenvalue weighted by Crippen LogP contribution is 2.36. The molecule has 4 aromatic rings. The Morgan fingerprint density at radius 2 is 1.92 bits per heavy atom. The molecule has 0 atom stereocenters. The van der Waals surface area contributed by atoms with Gasteiger partial charge in [-0.15, -0.1) is 11.3 Å². The van der Waals surface area contributed by atoms with Crippen LogP contribution in [-0.2, 0) is 27.7 Å². The number of anilines is 1. The number of aromatic nitrogens is 2. The number of nitrogens with zero attached hydrogens (tertiary/aromatic N) is 2. The topological polar surface area (TPSA) is 124 Å². The zero-order valence-corrected chi connectivity index (χ0v) is 23.0. The fourth-order valence-electron chi connectivity index (χ4n) is 4.39. The van der Waals surface area contributed by atoms with Crippen molar-refractivity contribution < 1.29 is 13.2 Å². The molecule has 0 saturated heterocycles. The van der Waals surface area contributed by atoms with Gasteiger partial charge in [0.2, 0.25) is 15.9 Å². The quantitative estimate of drug-likeness (QED) is 0.255. The van der Waals surface area contributed by atoms with E-state index in [0.717, 1.165) is 48.6 Å². The lowest BCUT2D eigenvalue weighted by Crippen LogP contribution is -2.24. The minimum Gasteiger partial charge on any atom is -0.325 e. The zero-order chi connectivity index (χ0) is 26.3. The first kappa shape index (κ1) is 25.9. The molecule has 1 amide bonds. The smallest absolute Gasteiger partial charge is 0.267 e. The molecule has 5 rings (SSSR count). The molecule has 8 nitrogen and oxygen atoms in total. The summed E-state index contributed by atoms with van der Waals surface area (Å²) >= 11 is 9.10. The molecule has 37 heavy (non-hydrogen) atoms. The third-order valence-electron chi connectivity index (χ3n) is 6.24. The van der Waals surface area contributed by atoms with Crippen LogP contribution in [0.2, 0.25) is 5.02 Å². The van der Waals surface area contributed by atoms with Gasteiger partial charge < -0.3 is 5.32 Å². The third kappa shape index (κ3) is 5.19. The number of hydrogen-bond acceptors (Lipinski definition) is 7. The number of nitrogens with two attached hydrogens (primary N) is 1. The molecule has 1 aliphatic rings. The number of sulfonamides is 1. The van der Waals surface area contributed by atoms with Crippen LogP contribution in [-0.4, -0.2) is 29.6 Å². The standard InChI is InChI=1S/C25H23ClN4O4S3/c1-14-18(26)6-4-7-19(14)30-24(32)22-17-5-2-3-8-20(17)36-23(22)29-25(30)35-13-21(31)28-15-9-11-16(12-10-15)37(27,33)34/h4,6-7,9-12H,2-3,5,8,13H2,1H3,(H,28,31)(H2,27,33,34). The van der Waals surface area contributed by atoms with Crippen molar-refractivity contribution in [3.8, 4) is 5.69 Å². The van der Waals surface area contributed by atoms with E-state index in [2.05, 4.69) is 5.32 Å². The van der Waals surface area contributed by atoms with Gasteiger partial charge in [-0.1, -0.05) is 29.4 Å². The predicted octanol–water partition coefficient (Wildman–Crippen LogP) is 4.67. The van der Waals surface area contributed by atoms with Crippen molar-refractivity contribution in [3.05, 3.63) is 73.8 Å². The average Bonchev–Trinajstić information content (AvgIpc) is 3.23. The van der Waals surface area contributed by atoms with Crippen LogP contribution in [0.3, 0.4) is 0 Å². The highest BCUT2D eigenvalue weighted by atomic mass is 35.5. The summed E-state index contributed by atoms with van der Waals surface area (Å²) in [4.78, 5) is 33.3. The van der Waals surface area contributed by atoms with E-state index in [1.807, 2.05) is 13.0 Å². The summed E-state index contributed by atoms with van der Waals surface area (Å²) in [5.74, 6) is -0.345. The number of aryl methyl sites for hydroxylation is 2. The molecule has 2 aromatic carbocycles. The Kier molecular flexibility index (Phi) is 7.16. The zero-order valence-electron chi connectivity index (χ0n) is 19.8. The molecule has 12 heteroatoms. The van der Waals surface area contributed by atoms with Gasteiger partial charge >= 0.3 is 0 Å². The van der Waals surface area contributed by atoms with Crippen LogP contribution in [0.5, 0.6) is 0 Å². The number of benzene rings is 2. The monoisotopic (exact) mass is 574 g/mol. The second-order valence-corrected chi connectivity index (χ2v) is 12.7. The first-order valence-electron chi connectivity index (χ1n) is 11.5. The number of rotatable bonds is 6. The molecule has 0 saturated carbocycles. The summed E-state index contributed by atoms with van der Waals surface area (Å²) in [6.07, 6.45) is 3.95. The van der Waals surface area contributed by atoms with Crippen LogP contribution in [0, 0.1) is 6.92 Å². The van der Waals surface area contributed by atoms with Crippen LogP contribution >= 0.6 is 34.7 Å². The number of thioether (sulfide) groups is 1. The number of amides is 1. The molecule has 3 N–H and O–H groups in total. The number of carbonyl (C=O) groups is 1. The Hall–Kier alpha value is -2.70. The minimum absolute atomic E-state index is 0.0143. The van der Waals surface area contributed by atoms with Gasteiger partial charge in [-0.3, -0.25) is 14.2 Å². The van der Waals surface area contributed by atoms with Crippen LogP contribution in [0.25, 0.3) is 15.9 Å². The maximum absolute atomic E-state index is 13.9. The van der Waals surface area contributed by atoms with Gasteiger partial charge in [0.25, 0.3) is 5.56 Å². The second kappa shape index (κ2) is 10.2. The van der Waals surface area contributed by atoms with E-state index in [4.69, 9.17) is 21.7 Å². The summed E-state index contributed by atoms with van der Waals surface area (Å²) in [7, 11) is -3.82. The average molecular weight is 575 g/mol. The summed E-state index contributed by atoms with van der Waals surface area (Å²) in [6, 6.07) is 11.0. The first-order chi connectivity index (χ1) is 17.6. The van der Waals surface area contributed by atoms with Gasteiger partial charge in [0.1, 0.15) is 4.83 Å². The Morgan fingerprint density at radius 3 is 2.65 bits per heavy atom. The van der Waals surface area contributed by atoms with E-state index in [0.29, 0.717) is 31.8 Å². The van der Waals surface area contributed by atoms with Crippen molar-refractivity contribution in [2.75, 3.05) is 11.1 Å². The van der Waals surface area contributed by atoms with Crippen LogP contribution in [0.15, 0.2) is 57.3 Å². The Labute approximate surface area is 226 Å². The van der Waals surface area contributed by atoms with Gasteiger partial charge in [0.05, 0.1) is 21.7 Å². The number of nitrogens with one attached hydrogen (secondary N) is 1. The summed E-state index contributed by atoms with van der Waals surface area (Å²) in [6.45, 7) is 1.85. The highest BCUT2D eigenvalue weighted by molar-refractivity contribution is 7.99. The van der Waals surface area contributed by atoms with Crippen LogP contribution in [0.1, 0.15) is 28.8 Å². The maximum Gasteiger partial charge on any atom is 0.267 e. The van der Waals surface area contributed by atoms with Crippen LogP contribution < -0.4 is 16.0 Å². The molecule has 0 bridgehead atoms. The second-order valence-electron chi connectivity index (χ2n) is 8.72. The number of carbonyl (C=O) groups excluding carboxylic acids is 1. The number of primary sulfonamides is 1. The fraction of sp³-hybridized carbons (Fsp3) is 0.240. The Balaban J connectivity index is 1.49. The number of fused-ring (bicyclic) bond motifs is 3. The van der Waals surface area contributed by atoms with Crippen LogP contribution in [0.4, 0.5) is 5.69 Å². The summed E-state index contributed by atoms with van der Waals surface area (Å²) in [5, 5.41) is 9.45. The molecule has 0 radical (unpaired) electrons. The molecular formula is C25H23ClN4O4S3. The first-order valence-corrected chi connectivity index (χ1v) is 15.2. The van der Waals surface area contributed by atoms with E-state index in [-0.39, 0.29) is 22.1 Å². The van der Waals surface area contributed by atoms with Crippen molar-refractivity contribution in [1.29, 1.82) is 0 Å². The van der Waals surface area contributed by atoms with Gasteiger partial charge in [0.15, 0.2) is 5.16 Å². The Bertz CT molecular complexity index is 1700. The largest absolute Gasteiger partial charge is 0.325 e. The number of hydrogen-bond donors (Lipinski definition) is 2. The van der Waals surface area contributed by atoms with E-state index >= 15 is 0 Å². The van der Waals surface area contributed by atoms with Crippen molar-refractivity contribution in [1.82, 2.24) is 9.55 Å². The normalized spacial score (nSPS) is 13.5. The molecule has 0 unspecified atom stereocenters. The van der Waals surface area contributed by atoms with Crippen molar-refractivity contribution in [3.63, 3.8) is 0 Å².